The van der Waals surface area contributed by atoms with Gasteiger partial charge in [-0.05, 0) is 42.3 Å². The second-order valence-electron chi connectivity index (χ2n) is 5.20. The summed E-state index contributed by atoms with van der Waals surface area (Å²) in [7, 11) is -3.75. The third kappa shape index (κ3) is 2.64. The average molecular weight is 397 g/mol. The summed E-state index contributed by atoms with van der Waals surface area (Å²) < 4.78 is 32.0. The van der Waals surface area contributed by atoms with Gasteiger partial charge in [0.15, 0.2) is 0 Å². The summed E-state index contributed by atoms with van der Waals surface area (Å²) in [6, 6.07) is 9.20. The molecule has 2 aromatic rings. The Morgan fingerprint density at radius 1 is 1.17 bits per heavy atom. The van der Waals surface area contributed by atoms with Crippen molar-refractivity contribution < 1.29 is 23.1 Å². The quantitative estimate of drug-likeness (QED) is 0.724. The number of carbonyl (C=O) groups is 1. The molecule has 5 nitrogen and oxygen atoms in total. The second kappa shape index (κ2) is 5.65. The van der Waals surface area contributed by atoms with E-state index in [9.17, 15) is 18.3 Å². The van der Waals surface area contributed by atoms with E-state index in [-0.39, 0.29) is 21.3 Å². The molecule has 0 bridgehead atoms. The zero-order valence-electron chi connectivity index (χ0n) is 12.1. The maximum absolute atomic E-state index is 12.8. The zero-order valence-corrected chi connectivity index (χ0v) is 14.5. The Kier molecular flexibility index (Phi) is 3.93. The molecule has 1 N–H and O–H groups in total. The molecule has 2 aromatic carbocycles. The number of fused-ring (bicyclic) bond motifs is 2. The Balaban J connectivity index is 2.17. The smallest absolute Gasteiger partial charge is 0.310 e. The molecule has 0 amide bonds. The van der Waals surface area contributed by atoms with Crippen LogP contribution in [0.25, 0.3) is 0 Å². The van der Waals surface area contributed by atoms with E-state index in [1.807, 2.05) is 0 Å². The predicted octanol–water partition coefficient (Wildman–Crippen LogP) is 3.97. The van der Waals surface area contributed by atoms with Gasteiger partial charge in [0.25, 0.3) is 0 Å². The van der Waals surface area contributed by atoms with E-state index < -0.39 is 21.7 Å². The minimum absolute atomic E-state index is 0.00419. The molecule has 0 fully saturated rings. The molecule has 120 valence electrons. The van der Waals surface area contributed by atoms with Gasteiger partial charge in [-0.2, -0.15) is 0 Å². The normalized spacial score (nSPS) is 15.9. The van der Waals surface area contributed by atoms with Crippen LogP contribution in [0.5, 0.6) is 11.5 Å². The zero-order chi connectivity index (χ0) is 16.8. The van der Waals surface area contributed by atoms with Crippen molar-refractivity contribution in [3.05, 3.63) is 46.4 Å². The van der Waals surface area contributed by atoms with Gasteiger partial charge in [0.2, 0.25) is 9.84 Å². The Bertz CT molecular complexity index is 905. The molecule has 0 radical (unpaired) electrons. The van der Waals surface area contributed by atoms with E-state index in [1.54, 1.807) is 25.1 Å². The standard InChI is InChI=1S/C16H13BrO5S/c1-2-11(16(18)19)9-3-5-12-15(7-9)23(20,21)14-6-4-10(17)8-13(14)22-12/h3-8,11H,2H2,1H3,(H,18,19). The minimum atomic E-state index is -3.75. The number of benzene rings is 2. The van der Waals surface area contributed by atoms with Crippen LogP contribution in [0, 0.1) is 0 Å². The summed E-state index contributed by atoms with van der Waals surface area (Å²) in [6.45, 7) is 1.75. The van der Waals surface area contributed by atoms with Gasteiger partial charge < -0.3 is 9.84 Å². The Hall–Kier alpha value is -1.86. The van der Waals surface area contributed by atoms with Crippen LogP contribution in [0.2, 0.25) is 0 Å². The number of aliphatic carboxylic acids is 1. The molecule has 0 spiro atoms. The van der Waals surface area contributed by atoms with E-state index in [0.717, 1.165) is 0 Å². The van der Waals surface area contributed by atoms with Gasteiger partial charge in [0.05, 0.1) is 5.92 Å². The van der Waals surface area contributed by atoms with Crippen molar-refractivity contribution in [2.45, 2.75) is 29.1 Å². The number of halogens is 1. The van der Waals surface area contributed by atoms with E-state index in [0.29, 0.717) is 16.5 Å². The summed E-state index contributed by atoms with van der Waals surface area (Å²) in [5.74, 6) is -1.27. The second-order valence-corrected chi connectivity index (χ2v) is 8.00. The van der Waals surface area contributed by atoms with Crippen LogP contribution in [-0.2, 0) is 14.6 Å². The van der Waals surface area contributed by atoms with E-state index in [4.69, 9.17) is 4.74 Å². The molecule has 0 saturated heterocycles. The monoisotopic (exact) mass is 396 g/mol. The molecule has 1 unspecified atom stereocenters. The van der Waals surface area contributed by atoms with Crippen molar-refractivity contribution in [3.63, 3.8) is 0 Å². The van der Waals surface area contributed by atoms with Crippen molar-refractivity contribution in [3.8, 4) is 11.5 Å². The summed E-state index contributed by atoms with van der Waals surface area (Å²) >= 11 is 3.28. The van der Waals surface area contributed by atoms with E-state index in [2.05, 4.69) is 15.9 Å². The van der Waals surface area contributed by atoms with E-state index >= 15 is 0 Å². The van der Waals surface area contributed by atoms with Crippen LogP contribution in [0.15, 0.2) is 50.7 Å². The highest BCUT2D eigenvalue weighted by atomic mass is 79.9. The molecule has 0 aliphatic carbocycles. The van der Waals surface area contributed by atoms with Crippen LogP contribution in [0.1, 0.15) is 24.8 Å². The number of carboxylic acids is 1. The first kappa shape index (κ1) is 16.0. The highest BCUT2D eigenvalue weighted by molar-refractivity contribution is 9.10. The maximum atomic E-state index is 12.8. The molecule has 23 heavy (non-hydrogen) atoms. The number of sulfone groups is 1. The molecular weight excluding hydrogens is 384 g/mol. The summed E-state index contributed by atoms with van der Waals surface area (Å²) in [4.78, 5) is 11.4. The highest BCUT2D eigenvalue weighted by Gasteiger charge is 2.32. The van der Waals surface area contributed by atoms with Crippen LogP contribution in [-0.4, -0.2) is 19.5 Å². The first-order valence-corrected chi connectivity index (χ1v) is 9.21. The molecule has 0 saturated carbocycles. The van der Waals surface area contributed by atoms with Gasteiger partial charge in [0.1, 0.15) is 21.3 Å². The fourth-order valence-electron chi connectivity index (χ4n) is 2.61. The summed E-state index contributed by atoms with van der Waals surface area (Å²) in [6.07, 6.45) is 0.374. The van der Waals surface area contributed by atoms with Gasteiger partial charge in [-0.15, -0.1) is 0 Å². The lowest BCUT2D eigenvalue weighted by atomic mass is 9.97. The molecule has 7 heteroatoms. The third-order valence-corrected chi connectivity index (χ3v) is 6.09. The summed E-state index contributed by atoms with van der Waals surface area (Å²) in [5, 5.41) is 9.26. The first-order chi connectivity index (χ1) is 10.8. The Morgan fingerprint density at radius 2 is 1.91 bits per heavy atom. The Morgan fingerprint density at radius 3 is 2.57 bits per heavy atom. The average Bonchev–Trinajstić information content (AvgIpc) is 2.48. The van der Waals surface area contributed by atoms with Crippen molar-refractivity contribution in [1.82, 2.24) is 0 Å². The van der Waals surface area contributed by atoms with Crippen LogP contribution >= 0.6 is 15.9 Å². The number of ether oxygens (including phenoxy) is 1. The van der Waals surface area contributed by atoms with Crippen molar-refractivity contribution >= 4 is 31.7 Å². The van der Waals surface area contributed by atoms with Gasteiger partial charge in [-0.3, -0.25) is 4.79 Å². The molecule has 1 heterocycles. The molecule has 1 atom stereocenters. The van der Waals surface area contributed by atoms with Crippen molar-refractivity contribution in [2.24, 2.45) is 0 Å². The SMILES string of the molecule is CCC(C(=O)O)c1ccc2c(c1)S(=O)(=O)c1ccc(Br)cc1O2. The molecule has 0 aromatic heterocycles. The van der Waals surface area contributed by atoms with Crippen molar-refractivity contribution in [2.75, 3.05) is 0 Å². The highest BCUT2D eigenvalue weighted by Crippen LogP contribution is 2.44. The third-order valence-electron chi connectivity index (χ3n) is 3.78. The number of hydrogen-bond donors (Lipinski definition) is 1. The fraction of sp³-hybridized carbons (Fsp3) is 0.188. The van der Waals surface area contributed by atoms with Crippen LogP contribution in [0.3, 0.4) is 0 Å². The maximum Gasteiger partial charge on any atom is 0.310 e. The lowest BCUT2D eigenvalue weighted by molar-refractivity contribution is -0.138. The molecule has 1 aliphatic heterocycles. The van der Waals surface area contributed by atoms with Gasteiger partial charge >= 0.3 is 5.97 Å². The number of carboxylic acid groups (broad SMARTS) is 1. The number of hydrogen-bond acceptors (Lipinski definition) is 4. The largest absolute Gasteiger partial charge is 0.481 e. The topological polar surface area (TPSA) is 80.7 Å². The predicted molar refractivity (Wildman–Crippen MR) is 86.8 cm³/mol. The first-order valence-electron chi connectivity index (χ1n) is 6.94. The van der Waals surface area contributed by atoms with Gasteiger partial charge in [0, 0.05) is 4.47 Å². The minimum Gasteiger partial charge on any atom is -0.481 e. The summed E-state index contributed by atoms with van der Waals surface area (Å²) in [5.41, 5.74) is 0.450. The lowest BCUT2D eigenvalue weighted by Gasteiger charge is -2.22. The molecular formula is C16H13BrO5S. The van der Waals surface area contributed by atoms with Crippen LogP contribution in [0.4, 0.5) is 0 Å². The molecule has 3 rings (SSSR count). The van der Waals surface area contributed by atoms with Gasteiger partial charge in [-0.25, -0.2) is 8.42 Å². The lowest BCUT2D eigenvalue weighted by Crippen LogP contribution is -2.14. The van der Waals surface area contributed by atoms with Crippen molar-refractivity contribution in [1.29, 1.82) is 0 Å². The Labute approximate surface area is 142 Å². The van der Waals surface area contributed by atoms with E-state index in [1.165, 1.54) is 18.2 Å². The number of rotatable bonds is 3. The fourth-order valence-corrected chi connectivity index (χ4v) is 4.46. The molecule has 1 aliphatic rings. The van der Waals surface area contributed by atoms with Gasteiger partial charge in [-0.1, -0.05) is 28.9 Å². The van der Waals surface area contributed by atoms with Crippen LogP contribution < -0.4 is 4.74 Å².